The highest BCUT2D eigenvalue weighted by atomic mass is 32.2. The third kappa shape index (κ3) is 7.02. The average Bonchev–Trinajstić information content (AvgIpc) is 2.66. The summed E-state index contributed by atoms with van der Waals surface area (Å²) in [7, 11) is 1.66. The minimum Gasteiger partial charge on any atom is -0.481 e. The van der Waals surface area contributed by atoms with Crippen LogP contribution in [-0.4, -0.2) is 57.1 Å². The summed E-state index contributed by atoms with van der Waals surface area (Å²) < 4.78 is 0. The molecule has 8 heteroatoms. The molecule has 0 spiro atoms. The Hall–Kier alpha value is -0.890. The van der Waals surface area contributed by atoms with Gasteiger partial charge in [0.15, 0.2) is 5.17 Å². The molecule has 2 rings (SSSR count). The second-order valence-electron chi connectivity index (χ2n) is 6.95. The van der Waals surface area contributed by atoms with Gasteiger partial charge in [-0.05, 0) is 25.7 Å². The van der Waals surface area contributed by atoms with E-state index in [-0.39, 0.29) is 11.8 Å². The van der Waals surface area contributed by atoms with Gasteiger partial charge in [0, 0.05) is 24.2 Å². The zero-order valence-corrected chi connectivity index (χ0v) is 17.2. The van der Waals surface area contributed by atoms with Gasteiger partial charge < -0.3 is 10.0 Å². The lowest BCUT2D eigenvalue weighted by atomic mass is 9.89. The second-order valence-corrected chi connectivity index (χ2v) is 9.27. The number of carboxylic acids is 1. The van der Waals surface area contributed by atoms with E-state index in [1.54, 1.807) is 7.05 Å². The van der Waals surface area contributed by atoms with Crippen molar-refractivity contribution in [3.63, 3.8) is 0 Å². The quantitative estimate of drug-likeness (QED) is 0.302. The molecule has 0 aromatic heterocycles. The zero-order chi connectivity index (χ0) is 18.8. The predicted molar refractivity (Wildman–Crippen MR) is 110 cm³/mol. The standard InChI is InChI=1S/C18H31N3O3S2/c1-19-17(26-13-25-12-16(22)23)20-18(24)21(14-8-4-2-5-9-14)15-10-6-3-7-11-15/h14-15H,2-13H2,1H3,(H,22,23)(H,19,20,24). The predicted octanol–water partition coefficient (Wildman–Crippen LogP) is 4.16. The number of hydrogen-bond acceptors (Lipinski definition) is 5. The van der Waals surface area contributed by atoms with E-state index in [0.29, 0.717) is 22.3 Å². The first-order valence-corrected chi connectivity index (χ1v) is 11.7. The van der Waals surface area contributed by atoms with Crippen LogP contribution in [0.2, 0.25) is 0 Å². The molecule has 0 aliphatic heterocycles. The van der Waals surface area contributed by atoms with E-state index in [9.17, 15) is 9.59 Å². The van der Waals surface area contributed by atoms with Gasteiger partial charge >= 0.3 is 12.0 Å². The van der Waals surface area contributed by atoms with Gasteiger partial charge in [0.05, 0.1) is 5.75 Å². The number of nitrogens with one attached hydrogen (secondary N) is 1. The lowest BCUT2D eigenvalue weighted by molar-refractivity contribution is -0.133. The summed E-state index contributed by atoms with van der Waals surface area (Å²) in [6.07, 6.45) is 11.8. The number of carboxylic acid groups (broad SMARTS) is 1. The summed E-state index contributed by atoms with van der Waals surface area (Å²) in [6.45, 7) is 0. The van der Waals surface area contributed by atoms with Crippen molar-refractivity contribution in [1.82, 2.24) is 10.2 Å². The number of amides is 2. The number of thioether (sulfide) groups is 2. The number of aliphatic carboxylic acids is 1. The normalized spacial score (nSPS) is 20.0. The van der Waals surface area contributed by atoms with E-state index in [1.807, 2.05) is 0 Å². The lowest BCUT2D eigenvalue weighted by Crippen LogP contribution is -2.53. The number of hydrogen-bond donors (Lipinski definition) is 2. The van der Waals surface area contributed by atoms with Crippen LogP contribution in [0.5, 0.6) is 0 Å². The number of amidine groups is 1. The van der Waals surface area contributed by atoms with Crippen LogP contribution in [0.1, 0.15) is 64.2 Å². The van der Waals surface area contributed by atoms with E-state index >= 15 is 0 Å². The summed E-state index contributed by atoms with van der Waals surface area (Å²) in [5.74, 6) is -0.760. The number of nitrogens with zero attached hydrogens (tertiary/aromatic N) is 2. The molecule has 0 bridgehead atoms. The molecule has 148 valence electrons. The monoisotopic (exact) mass is 401 g/mol. The highest BCUT2D eigenvalue weighted by Crippen LogP contribution is 2.30. The van der Waals surface area contributed by atoms with Crippen LogP contribution in [0.25, 0.3) is 0 Å². The van der Waals surface area contributed by atoms with Crippen molar-refractivity contribution in [2.75, 3.05) is 17.9 Å². The fraction of sp³-hybridized carbons (Fsp3) is 0.833. The highest BCUT2D eigenvalue weighted by molar-refractivity contribution is 8.24. The van der Waals surface area contributed by atoms with Gasteiger partial charge in [-0.3, -0.25) is 15.1 Å². The molecule has 0 atom stereocenters. The van der Waals surface area contributed by atoms with Crippen molar-refractivity contribution < 1.29 is 14.7 Å². The Morgan fingerprint density at radius 3 is 2.04 bits per heavy atom. The minimum atomic E-state index is -0.824. The molecule has 0 radical (unpaired) electrons. The Morgan fingerprint density at radius 2 is 1.58 bits per heavy atom. The van der Waals surface area contributed by atoms with Gasteiger partial charge in [-0.15, -0.1) is 11.8 Å². The molecule has 0 aromatic carbocycles. The molecule has 0 heterocycles. The SMILES string of the molecule is CN=C(NC(=O)N(C1CCCCC1)C1CCCCC1)SCSCC(=O)O. The molecule has 2 aliphatic carbocycles. The Kier molecular flexibility index (Phi) is 9.67. The molecule has 2 N–H and O–H groups in total. The first kappa shape index (κ1) is 21.4. The zero-order valence-electron chi connectivity index (χ0n) is 15.6. The molecule has 0 saturated heterocycles. The maximum Gasteiger partial charge on any atom is 0.323 e. The highest BCUT2D eigenvalue weighted by Gasteiger charge is 2.32. The smallest absolute Gasteiger partial charge is 0.323 e. The molecular weight excluding hydrogens is 370 g/mol. The van der Waals surface area contributed by atoms with Crippen molar-refractivity contribution in [1.29, 1.82) is 0 Å². The fourth-order valence-electron chi connectivity index (χ4n) is 3.89. The van der Waals surface area contributed by atoms with E-state index < -0.39 is 5.97 Å². The Labute approximate surface area is 165 Å². The van der Waals surface area contributed by atoms with Gasteiger partial charge in [-0.1, -0.05) is 50.3 Å². The molecule has 26 heavy (non-hydrogen) atoms. The molecule has 0 aromatic rings. The molecule has 0 unspecified atom stereocenters. The van der Waals surface area contributed by atoms with Gasteiger partial charge in [-0.25, -0.2) is 4.79 Å². The summed E-state index contributed by atoms with van der Waals surface area (Å²) in [6, 6.07) is 0.660. The van der Waals surface area contributed by atoms with Crippen molar-refractivity contribution in [2.45, 2.75) is 76.3 Å². The molecule has 2 amide bonds. The van der Waals surface area contributed by atoms with Crippen LogP contribution >= 0.6 is 23.5 Å². The largest absolute Gasteiger partial charge is 0.481 e. The maximum atomic E-state index is 13.1. The number of carbonyl (C=O) groups is 2. The number of carbonyl (C=O) groups excluding carboxylic acids is 1. The van der Waals surface area contributed by atoms with Gasteiger partial charge in [-0.2, -0.15) is 0 Å². The third-order valence-electron chi connectivity index (χ3n) is 5.09. The van der Waals surface area contributed by atoms with Gasteiger partial charge in [0.25, 0.3) is 0 Å². The minimum absolute atomic E-state index is 0.0277. The Balaban J connectivity index is 1.94. The fourth-order valence-corrected chi connectivity index (χ4v) is 5.46. The Morgan fingerprint density at radius 1 is 1.04 bits per heavy atom. The van der Waals surface area contributed by atoms with Crippen LogP contribution < -0.4 is 5.32 Å². The van der Waals surface area contributed by atoms with E-state index in [2.05, 4.69) is 15.2 Å². The van der Waals surface area contributed by atoms with E-state index in [4.69, 9.17) is 5.11 Å². The van der Waals surface area contributed by atoms with Crippen LogP contribution in [0.4, 0.5) is 4.79 Å². The van der Waals surface area contributed by atoms with Crippen molar-refractivity contribution in [3.05, 3.63) is 0 Å². The summed E-state index contributed by atoms with van der Waals surface area (Å²) in [5.41, 5.74) is 0. The molecule has 2 aliphatic rings. The van der Waals surface area contributed by atoms with Gasteiger partial charge in [0.2, 0.25) is 0 Å². The lowest BCUT2D eigenvalue weighted by Gasteiger charge is -2.41. The first-order chi connectivity index (χ1) is 12.6. The van der Waals surface area contributed by atoms with Crippen molar-refractivity contribution in [2.24, 2.45) is 4.99 Å². The average molecular weight is 402 g/mol. The topological polar surface area (TPSA) is 82.0 Å². The van der Waals surface area contributed by atoms with Crippen molar-refractivity contribution in [3.8, 4) is 0 Å². The second kappa shape index (κ2) is 11.7. The maximum absolute atomic E-state index is 13.1. The van der Waals surface area contributed by atoms with Gasteiger partial charge in [0.1, 0.15) is 0 Å². The summed E-state index contributed by atoms with van der Waals surface area (Å²) in [5, 5.41) is 12.8. The molecular formula is C18H31N3O3S2. The van der Waals surface area contributed by atoms with Crippen molar-refractivity contribution >= 4 is 40.7 Å². The summed E-state index contributed by atoms with van der Waals surface area (Å²) in [4.78, 5) is 30.0. The van der Waals surface area contributed by atoms with E-state index in [0.717, 1.165) is 25.7 Å². The first-order valence-electron chi connectivity index (χ1n) is 9.60. The van der Waals surface area contributed by atoms with Crippen LogP contribution in [0.3, 0.4) is 0 Å². The number of rotatable bonds is 6. The van der Waals surface area contributed by atoms with Crippen LogP contribution in [0.15, 0.2) is 4.99 Å². The Bertz CT molecular complexity index is 472. The van der Waals surface area contributed by atoms with E-state index in [1.165, 1.54) is 62.0 Å². The number of aliphatic imine (C=N–C) groups is 1. The summed E-state index contributed by atoms with van der Waals surface area (Å²) >= 11 is 2.71. The third-order valence-corrected chi connectivity index (χ3v) is 7.24. The molecule has 2 saturated carbocycles. The molecule has 2 fully saturated rings. The number of urea groups is 1. The molecule has 6 nitrogen and oxygen atoms in total. The van der Waals surface area contributed by atoms with Crippen LogP contribution in [-0.2, 0) is 4.79 Å². The van der Waals surface area contributed by atoms with Crippen LogP contribution in [0, 0.1) is 0 Å².